The molecule has 3 rings (SSSR count). The van der Waals surface area contributed by atoms with Gasteiger partial charge >= 0.3 is 0 Å². The van der Waals surface area contributed by atoms with Crippen LogP contribution in [0.25, 0.3) is 0 Å². The van der Waals surface area contributed by atoms with E-state index >= 15 is 0 Å². The first-order valence-electron chi connectivity index (χ1n) is 8.33. The first-order valence-corrected chi connectivity index (χ1v) is 8.33. The molecule has 126 valence electrons. The highest BCUT2D eigenvalue weighted by atomic mass is 16.5. The quantitative estimate of drug-likeness (QED) is 0.867. The van der Waals surface area contributed by atoms with Crippen LogP contribution in [0.4, 0.5) is 0 Å². The molecule has 0 radical (unpaired) electrons. The molecule has 4 heteroatoms. The molecule has 1 saturated heterocycles. The Kier molecular flexibility index (Phi) is 5.16. The summed E-state index contributed by atoms with van der Waals surface area (Å²) in [5, 5.41) is 0. The van der Waals surface area contributed by atoms with Gasteiger partial charge in [0.1, 0.15) is 5.75 Å². The van der Waals surface area contributed by atoms with Crippen LogP contribution in [-0.4, -0.2) is 49.5 Å². The Morgan fingerprint density at radius 1 is 1.08 bits per heavy atom. The number of likely N-dealkylation sites (N-methyl/N-ethyl adjacent to an activating group) is 1. The summed E-state index contributed by atoms with van der Waals surface area (Å²) < 4.78 is 5.16. The number of rotatable bonds is 4. The molecule has 24 heavy (non-hydrogen) atoms. The molecule has 1 aliphatic rings. The van der Waals surface area contributed by atoms with Crippen molar-refractivity contribution in [1.29, 1.82) is 0 Å². The Labute approximate surface area is 143 Å². The number of carbonyl (C=O) groups is 1. The minimum atomic E-state index is 0.189. The van der Waals surface area contributed by atoms with Gasteiger partial charge < -0.3 is 9.64 Å². The number of amides is 1. The maximum Gasteiger partial charge on any atom is 0.227 e. The third kappa shape index (κ3) is 3.77. The molecule has 1 heterocycles. The highest BCUT2D eigenvalue weighted by Crippen LogP contribution is 2.24. The van der Waals surface area contributed by atoms with Crippen LogP contribution in [0.3, 0.4) is 0 Å². The molecular formula is C20H24N2O2. The summed E-state index contributed by atoms with van der Waals surface area (Å²) in [5.41, 5.74) is 2.29. The molecule has 1 unspecified atom stereocenters. The molecule has 1 aliphatic heterocycles. The average molecular weight is 324 g/mol. The summed E-state index contributed by atoms with van der Waals surface area (Å²) in [6.45, 7) is 2.43. The largest absolute Gasteiger partial charge is 0.497 e. The van der Waals surface area contributed by atoms with Gasteiger partial charge in [-0.05, 0) is 30.3 Å². The van der Waals surface area contributed by atoms with Crippen LogP contribution in [0.1, 0.15) is 17.2 Å². The van der Waals surface area contributed by atoms with Crippen LogP contribution in [-0.2, 0) is 11.2 Å². The topological polar surface area (TPSA) is 32.8 Å². The molecule has 1 fully saturated rings. The SMILES string of the molecule is COc1ccc(CC(=O)N2CCN(C)C(c3ccccc3)C2)cc1. The lowest BCUT2D eigenvalue weighted by molar-refractivity contribution is -0.133. The van der Waals surface area contributed by atoms with E-state index in [2.05, 4.69) is 36.2 Å². The molecule has 1 amide bonds. The minimum absolute atomic E-state index is 0.189. The average Bonchev–Trinajstić information content (AvgIpc) is 2.63. The Bertz CT molecular complexity index is 670. The Morgan fingerprint density at radius 2 is 1.79 bits per heavy atom. The first kappa shape index (κ1) is 16.5. The maximum atomic E-state index is 12.7. The van der Waals surface area contributed by atoms with E-state index in [-0.39, 0.29) is 11.9 Å². The van der Waals surface area contributed by atoms with E-state index in [1.54, 1.807) is 7.11 Å². The van der Waals surface area contributed by atoms with Gasteiger partial charge in [-0.15, -0.1) is 0 Å². The van der Waals surface area contributed by atoms with Gasteiger partial charge in [0.25, 0.3) is 0 Å². The van der Waals surface area contributed by atoms with Crippen molar-refractivity contribution in [1.82, 2.24) is 9.80 Å². The molecule has 0 bridgehead atoms. The van der Waals surface area contributed by atoms with E-state index in [0.29, 0.717) is 6.42 Å². The van der Waals surface area contributed by atoms with Crippen LogP contribution in [0.5, 0.6) is 5.75 Å². The Morgan fingerprint density at radius 3 is 2.46 bits per heavy atom. The van der Waals surface area contributed by atoms with Gasteiger partial charge in [-0.3, -0.25) is 9.69 Å². The minimum Gasteiger partial charge on any atom is -0.497 e. The molecule has 0 saturated carbocycles. The fourth-order valence-electron chi connectivity index (χ4n) is 3.17. The fraction of sp³-hybridized carbons (Fsp3) is 0.350. The lowest BCUT2D eigenvalue weighted by Crippen LogP contribution is -2.49. The molecule has 1 atom stereocenters. The normalized spacial score (nSPS) is 18.4. The Balaban J connectivity index is 1.66. The van der Waals surface area contributed by atoms with Crippen molar-refractivity contribution in [3.8, 4) is 5.75 Å². The smallest absolute Gasteiger partial charge is 0.227 e. The summed E-state index contributed by atoms with van der Waals surface area (Å²) in [5.74, 6) is 1.00. The Hall–Kier alpha value is -2.33. The van der Waals surface area contributed by atoms with E-state index in [4.69, 9.17) is 4.74 Å². The number of benzene rings is 2. The highest BCUT2D eigenvalue weighted by molar-refractivity contribution is 5.79. The third-order valence-electron chi connectivity index (χ3n) is 4.70. The van der Waals surface area contributed by atoms with E-state index < -0.39 is 0 Å². The summed E-state index contributed by atoms with van der Waals surface area (Å²) in [7, 11) is 3.77. The summed E-state index contributed by atoms with van der Waals surface area (Å²) in [4.78, 5) is 17.0. The predicted molar refractivity (Wildman–Crippen MR) is 95.1 cm³/mol. The van der Waals surface area contributed by atoms with E-state index in [9.17, 15) is 4.79 Å². The van der Waals surface area contributed by atoms with E-state index in [0.717, 1.165) is 30.9 Å². The number of ether oxygens (including phenoxy) is 1. The number of hydrogen-bond donors (Lipinski definition) is 0. The van der Waals surface area contributed by atoms with Crippen LogP contribution in [0, 0.1) is 0 Å². The number of nitrogens with zero attached hydrogens (tertiary/aromatic N) is 2. The number of piperazine rings is 1. The first-order chi connectivity index (χ1) is 11.7. The van der Waals surface area contributed by atoms with Crippen molar-refractivity contribution in [3.63, 3.8) is 0 Å². The lowest BCUT2D eigenvalue weighted by Gasteiger charge is -2.39. The summed E-state index contributed by atoms with van der Waals surface area (Å²) in [6, 6.07) is 18.4. The lowest BCUT2D eigenvalue weighted by atomic mass is 10.0. The highest BCUT2D eigenvalue weighted by Gasteiger charge is 2.28. The van der Waals surface area contributed by atoms with Gasteiger partial charge in [0.05, 0.1) is 19.6 Å². The van der Waals surface area contributed by atoms with Crippen LogP contribution in [0.2, 0.25) is 0 Å². The van der Waals surface area contributed by atoms with Gasteiger partial charge in [-0.2, -0.15) is 0 Å². The zero-order chi connectivity index (χ0) is 16.9. The summed E-state index contributed by atoms with van der Waals surface area (Å²) >= 11 is 0. The molecular weight excluding hydrogens is 300 g/mol. The molecule has 0 spiro atoms. The molecule has 2 aromatic carbocycles. The second kappa shape index (κ2) is 7.49. The van der Waals surface area contributed by atoms with Crippen molar-refractivity contribution >= 4 is 5.91 Å². The second-order valence-electron chi connectivity index (χ2n) is 6.27. The third-order valence-corrected chi connectivity index (χ3v) is 4.70. The zero-order valence-electron chi connectivity index (χ0n) is 14.3. The van der Waals surface area contributed by atoms with Crippen molar-refractivity contribution in [2.45, 2.75) is 12.5 Å². The number of methoxy groups -OCH3 is 1. The zero-order valence-corrected chi connectivity index (χ0v) is 14.3. The van der Waals surface area contributed by atoms with Crippen LogP contribution < -0.4 is 4.74 Å². The standard InChI is InChI=1S/C20H24N2O2/c1-21-12-13-22(15-19(21)17-6-4-3-5-7-17)20(23)14-16-8-10-18(24-2)11-9-16/h3-11,19H,12-15H2,1-2H3. The van der Waals surface area contributed by atoms with Gasteiger partial charge in [0, 0.05) is 19.6 Å². The molecule has 2 aromatic rings. The molecule has 0 aromatic heterocycles. The monoisotopic (exact) mass is 324 g/mol. The van der Waals surface area contributed by atoms with Crippen LogP contribution >= 0.6 is 0 Å². The maximum absolute atomic E-state index is 12.7. The van der Waals surface area contributed by atoms with Gasteiger partial charge in [0.2, 0.25) is 5.91 Å². The predicted octanol–water partition coefficient (Wildman–Crippen LogP) is 2.75. The summed E-state index contributed by atoms with van der Waals surface area (Å²) in [6.07, 6.45) is 0.440. The van der Waals surface area contributed by atoms with Gasteiger partial charge in [-0.1, -0.05) is 42.5 Å². The van der Waals surface area contributed by atoms with Crippen molar-refractivity contribution in [3.05, 3.63) is 65.7 Å². The fourth-order valence-corrected chi connectivity index (χ4v) is 3.17. The van der Waals surface area contributed by atoms with Crippen molar-refractivity contribution in [2.24, 2.45) is 0 Å². The van der Waals surface area contributed by atoms with Crippen molar-refractivity contribution < 1.29 is 9.53 Å². The number of carbonyl (C=O) groups excluding carboxylic acids is 1. The molecule has 4 nitrogen and oxygen atoms in total. The van der Waals surface area contributed by atoms with Crippen molar-refractivity contribution in [2.75, 3.05) is 33.8 Å². The molecule has 0 N–H and O–H groups in total. The molecule has 0 aliphatic carbocycles. The van der Waals surface area contributed by atoms with E-state index in [1.165, 1.54) is 5.56 Å². The van der Waals surface area contributed by atoms with Gasteiger partial charge in [-0.25, -0.2) is 0 Å². The second-order valence-corrected chi connectivity index (χ2v) is 6.27. The van der Waals surface area contributed by atoms with E-state index in [1.807, 2.05) is 35.2 Å². The van der Waals surface area contributed by atoms with Crippen LogP contribution in [0.15, 0.2) is 54.6 Å². The van der Waals surface area contributed by atoms with Gasteiger partial charge in [0.15, 0.2) is 0 Å². The number of hydrogen-bond acceptors (Lipinski definition) is 3.